The molecule has 0 bridgehead atoms. The third-order valence-corrected chi connectivity index (χ3v) is 2.02. The van der Waals surface area contributed by atoms with Crippen molar-refractivity contribution in [3.8, 4) is 0 Å². The zero-order chi connectivity index (χ0) is 8.72. The van der Waals surface area contributed by atoms with Gasteiger partial charge in [0, 0.05) is 12.4 Å². The Bertz CT molecular complexity index is 486. The molecule has 2 rings (SSSR count). The molecule has 5 heteroatoms. The number of aromatic nitrogens is 2. The van der Waals surface area contributed by atoms with Crippen LogP contribution in [0.5, 0.6) is 0 Å². The maximum absolute atomic E-state index is 11.1. The van der Waals surface area contributed by atoms with Gasteiger partial charge in [-0.15, -0.1) is 0 Å². The summed E-state index contributed by atoms with van der Waals surface area (Å²) in [5.74, 6) is 0.396. The highest BCUT2D eigenvalue weighted by molar-refractivity contribution is 6.30. The average molecular weight is 185 g/mol. The van der Waals surface area contributed by atoms with Crippen LogP contribution in [0.1, 0.15) is 5.76 Å². The summed E-state index contributed by atoms with van der Waals surface area (Å²) in [6.07, 6.45) is 3.11. The Labute approximate surface area is 72.4 Å². The van der Waals surface area contributed by atoms with Crippen LogP contribution in [0.3, 0.4) is 0 Å². The quantitative estimate of drug-likeness (QED) is 0.619. The maximum atomic E-state index is 11.1. The highest BCUT2D eigenvalue weighted by Crippen LogP contribution is 2.13. The van der Waals surface area contributed by atoms with Crippen molar-refractivity contribution in [2.45, 2.75) is 6.92 Å². The molecule has 2 aromatic rings. The molecule has 2 heterocycles. The molecule has 0 saturated heterocycles. The fourth-order valence-electron chi connectivity index (χ4n) is 1.01. The van der Waals surface area contributed by atoms with Crippen molar-refractivity contribution in [2.75, 3.05) is 0 Å². The zero-order valence-electron chi connectivity index (χ0n) is 6.24. The molecular formula is C7H5ClN2O2. The second kappa shape index (κ2) is 2.35. The summed E-state index contributed by atoms with van der Waals surface area (Å²) >= 11 is 5.83. The summed E-state index contributed by atoms with van der Waals surface area (Å²) in [5, 5.41) is 0.377. The first-order valence-corrected chi connectivity index (χ1v) is 3.70. The Hall–Kier alpha value is -1.29. The van der Waals surface area contributed by atoms with Gasteiger partial charge in [-0.25, -0.2) is 9.78 Å². The van der Waals surface area contributed by atoms with E-state index in [9.17, 15) is 4.79 Å². The lowest BCUT2D eigenvalue weighted by molar-refractivity contribution is 0.477. The molecule has 0 amide bonds. The van der Waals surface area contributed by atoms with E-state index >= 15 is 0 Å². The molecule has 0 aliphatic carbocycles. The van der Waals surface area contributed by atoms with Gasteiger partial charge < -0.3 is 4.42 Å². The second-order valence-electron chi connectivity index (χ2n) is 2.36. The molecule has 0 radical (unpaired) electrons. The third-order valence-electron chi connectivity index (χ3n) is 1.57. The van der Waals surface area contributed by atoms with E-state index in [2.05, 4.69) is 4.98 Å². The summed E-state index contributed by atoms with van der Waals surface area (Å²) in [4.78, 5) is 14.9. The number of aryl methyl sites for hydroxylation is 1. The topological polar surface area (TPSA) is 47.5 Å². The number of imidazole rings is 1. The number of hydrogen-bond donors (Lipinski definition) is 0. The van der Waals surface area contributed by atoms with Crippen LogP contribution >= 0.6 is 11.6 Å². The molecule has 0 aliphatic rings. The van der Waals surface area contributed by atoms with E-state index in [4.69, 9.17) is 16.0 Å². The lowest BCUT2D eigenvalue weighted by Crippen LogP contribution is -2.06. The van der Waals surface area contributed by atoms with E-state index in [0.29, 0.717) is 10.9 Å². The molecule has 0 unspecified atom stereocenters. The minimum atomic E-state index is -0.470. The second-order valence-corrected chi connectivity index (χ2v) is 2.72. The predicted octanol–water partition coefficient (Wildman–Crippen LogP) is 1.25. The molecule has 12 heavy (non-hydrogen) atoms. The number of hydrogen-bond acceptors (Lipinski definition) is 3. The number of fused-ring (bicyclic) bond motifs is 1. The van der Waals surface area contributed by atoms with Crippen molar-refractivity contribution in [1.82, 2.24) is 9.38 Å². The van der Waals surface area contributed by atoms with Crippen LogP contribution in [0.15, 0.2) is 21.6 Å². The van der Waals surface area contributed by atoms with Gasteiger partial charge in [-0.05, 0) is 6.92 Å². The van der Waals surface area contributed by atoms with Crippen LogP contribution in [0.2, 0.25) is 5.15 Å². The standard InChI is InChI=1S/C7H5ClN2O2/c1-4-5(8)10-3-2-9-6(10)7(11)12-4/h2-3H,1H3. The minimum Gasteiger partial charge on any atom is -0.422 e. The zero-order valence-corrected chi connectivity index (χ0v) is 7.00. The van der Waals surface area contributed by atoms with E-state index in [1.165, 1.54) is 10.6 Å². The van der Waals surface area contributed by atoms with Gasteiger partial charge in [0.15, 0.2) is 5.15 Å². The summed E-state index contributed by atoms with van der Waals surface area (Å²) in [7, 11) is 0. The van der Waals surface area contributed by atoms with E-state index in [0.717, 1.165) is 0 Å². The molecule has 2 aromatic heterocycles. The lowest BCUT2D eigenvalue weighted by atomic mass is 10.5. The predicted molar refractivity (Wildman–Crippen MR) is 43.5 cm³/mol. The monoisotopic (exact) mass is 184 g/mol. The summed E-state index contributed by atoms with van der Waals surface area (Å²) in [6.45, 7) is 1.63. The van der Waals surface area contributed by atoms with Crippen LogP contribution in [-0.4, -0.2) is 9.38 Å². The first-order valence-electron chi connectivity index (χ1n) is 3.32. The molecule has 0 saturated carbocycles. The molecule has 0 N–H and O–H groups in total. The van der Waals surface area contributed by atoms with Crippen molar-refractivity contribution in [3.05, 3.63) is 33.7 Å². The van der Waals surface area contributed by atoms with Crippen LogP contribution in [0, 0.1) is 6.92 Å². The fraction of sp³-hybridized carbons (Fsp3) is 0.143. The Morgan fingerprint density at radius 2 is 2.42 bits per heavy atom. The normalized spacial score (nSPS) is 10.8. The number of halogens is 1. The van der Waals surface area contributed by atoms with Crippen LogP contribution in [0.4, 0.5) is 0 Å². The largest absolute Gasteiger partial charge is 0.422 e. The molecule has 62 valence electrons. The van der Waals surface area contributed by atoms with Crippen molar-refractivity contribution >= 4 is 17.2 Å². The number of rotatable bonds is 0. The van der Waals surface area contributed by atoms with Crippen LogP contribution in [-0.2, 0) is 0 Å². The Morgan fingerprint density at radius 3 is 3.17 bits per heavy atom. The molecule has 0 spiro atoms. The van der Waals surface area contributed by atoms with Crippen LogP contribution in [0.25, 0.3) is 5.65 Å². The van der Waals surface area contributed by atoms with Gasteiger partial charge >= 0.3 is 5.63 Å². The molecule has 0 aromatic carbocycles. The van der Waals surface area contributed by atoms with E-state index in [-0.39, 0.29) is 5.65 Å². The highest BCUT2D eigenvalue weighted by atomic mass is 35.5. The average Bonchev–Trinajstić information content (AvgIpc) is 2.48. The summed E-state index contributed by atoms with van der Waals surface area (Å²) in [6, 6.07) is 0. The van der Waals surface area contributed by atoms with Gasteiger partial charge in [-0.1, -0.05) is 11.6 Å². The smallest absolute Gasteiger partial charge is 0.380 e. The molecule has 4 nitrogen and oxygen atoms in total. The first-order chi connectivity index (χ1) is 5.70. The van der Waals surface area contributed by atoms with Crippen molar-refractivity contribution < 1.29 is 4.42 Å². The van der Waals surface area contributed by atoms with E-state index in [1.54, 1.807) is 13.1 Å². The van der Waals surface area contributed by atoms with Gasteiger partial charge in [0.1, 0.15) is 5.76 Å². The minimum absolute atomic E-state index is 0.214. The van der Waals surface area contributed by atoms with Gasteiger partial charge in [0.25, 0.3) is 0 Å². The highest BCUT2D eigenvalue weighted by Gasteiger charge is 2.07. The molecule has 0 atom stereocenters. The van der Waals surface area contributed by atoms with E-state index < -0.39 is 5.63 Å². The fourth-order valence-corrected chi connectivity index (χ4v) is 1.18. The van der Waals surface area contributed by atoms with Crippen molar-refractivity contribution in [2.24, 2.45) is 0 Å². The Kier molecular flexibility index (Phi) is 1.44. The van der Waals surface area contributed by atoms with Gasteiger partial charge in [-0.3, -0.25) is 4.40 Å². The van der Waals surface area contributed by atoms with Crippen LogP contribution < -0.4 is 5.63 Å². The van der Waals surface area contributed by atoms with Gasteiger partial charge in [-0.2, -0.15) is 0 Å². The van der Waals surface area contributed by atoms with Crippen molar-refractivity contribution in [1.29, 1.82) is 0 Å². The summed E-state index contributed by atoms with van der Waals surface area (Å²) in [5.41, 5.74) is -0.257. The van der Waals surface area contributed by atoms with Crippen molar-refractivity contribution in [3.63, 3.8) is 0 Å². The first kappa shape index (κ1) is 7.36. The maximum Gasteiger partial charge on any atom is 0.380 e. The van der Waals surface area contributed by atoms with Gasteiger partial charge in [0.05, 0.1) is 0 Å². The lowest BCUT2D eigenvalue weighted by Gasteiger charge is -1.97. The number of nitrogens with zero attached hydrogens (tertiary/aromatic N) is 2. The Balaban J connectivity index is 3.07. The van der Waals surface area contributed by atoms with Gasteiger partial charge in [0.2, 0.25) is 5.65 Å². The Morgan fingerprint density at radius 1 is 1.67 bits per heavy atom. The molecule has 0 fully saturated rings. The SMILES string of the molecule is Cc1oc(=O)c2nccn2c1Cl. The summed E-state index contributed by atoms with van der Waals surface area (Å²) < 4.78 is 6.30. The third kappa shape index (κ3) is 0.848. The molecular weight excluding hydrogens is 180 g/mol. The molecule has 0 aliphatic heterocycles. The van der Waals surface area contributed by atoms with E-state index in [1.807, 2.05) is 0 Å².